The molecule has 0 bridgehead atoms. The molecule has 0 spiro atoms. The fourth-order valence-electron chi connectivity index (χ4n) is 3.71. The average molecular weight is 453 g/mol. The van der Waals surface area contributed by atoms with Gasteiger partial charge in [0.1, 0.15) is 17.7 Å². The van der Waals surface area contributed by atoms with Crippen LogP contribution in [0.15, 0.2) is 48.7 Å². The van der Waals surface area contributed by atoms with Crippen LogP contribution in [0.4, 0.5) is 4.39 Å². The number of pyridine rings is 1. The lowest BCUT2D eigenvalue weighted by molar-refractivity contribution is 0.0296. The third kappa shape index (κ3) is 5.51. The third-order valence-corrected chi connectivity index (χ3v) is 5.63. The number of aromatic nitrogens is 5. The lowest BCUT2D eigenvalue weighted by Gasteiger charge is -2.32. The minimum absolute atomic E-state index is 0. The third-order valence-electron chi connectivity index (χ3n) is 5.63. The molecule has 4 heterocycles. The Morgan fingerprint density at radius 1 is 1.09 bits per heavy atom. The fourth-order valence-corrected chi connectivity index (χ4v) is 3.71. The Morgan fingerprint density at radius 3 is 2.52 bits per heavy atom. The Labute approximate surface area is 196 Å². The number of likely N-dealkylation sites (tertiary alicyclic amines) is 1. The Bertz CT molecular complexity index is 1210. The van der Waals surface area contributed by atoms with Crippen LogP contribution in [-0.4, -0.2) is 62.5 Å². The molecule has 2 atom stereocenters. The predicted octanol–water partition coefficient (Wildman–Crippen LogP) is 4.94. The molecule has 1 saturated heterocycles. The number of rotatable bonds is 3. The van der Waals surface area contributed by atoms with Crippen LogP contribution in [-0.2, 0) is 0 Å². The van der Waals surface area contributed by atoms with Crippen LogP contribution in [0.5, 0.6) is 5.88 Å². The van der Waals surface area contributed by atoms with E-state index in [-0.39, 0.29) is 2.85 Å². The van der Waals surface area contributed by atoms with E-state index in [1.165, 1.54) is 0 Å². The maximum atomic E-state index is 14.4. The van der Waals surface area contributed by atoms with E-state index in [1.807, 2.05) is 75.2 Å². The van der Waals surface area contributed by atoms with Crippen molar-refractivity contribution in [3.05, 3.63) is 65.6 Å². The number of hydrogen-bond donors (Lipinski definition) is 1. The Hall–Kier alpha value is -3.39. The molecule has 4 aromatic rings. The molecule has 3 aromatic heterocycles. The highest BCUT2D eigenvalue weighted by atomic mass is 19.1. The highest BCUT2D eigenvalue weighted by molar-refractivity contribution is 5.84. The first kappa shape index (κ1) is 22.8. The summed E-state index contributed by atoms with van der Waals surface area (Å²) >= 11 is 0. The molecular weight excluding hydrogens is 419 g/mol. The summed E-state index contributed by atoms with van der Waals surface area (Å²) < 4.78 is 20.5. The second-order valence-electron chi connectivity index (χ2n) is 8.46. The summed E-state index contributed by atoms with van der Waals surface area (Å²) in [5.41, 5.74) is 4.46. The number of ether oxygens (including phenoxy) is 1. The van der Waals surface area contributed by atoms with E-state index in [4.69, 9.17) is 4.74 Å². The number of alkyl halides is 1. The molecule has 0 saturated carbocycles. The van der Waals surface area contributed by atoms with Crippen molar-refractivity contribution in [1.82, 2.24) is 30.0 Å². The fraction of sp³-hybridized carbons (Fsp3) is 0.360. The molecule has 176 valence electrons. The number of piperidine rings is 1. The second kappa shape index (κ2) is 10.0. The van der Waals surface area contributed by atoms with Gasteiger partial charge in [0.2, 0.25) is 5.88 Å². The van der Waals surface area contributed by atoms with Gasteiger partial charge in [0, 0.05) is 39.1 Å². The van der Waals surface area contributed by atoms with E-state index in [9.17, 15) is 4.39 Å². The lowest BCUT2D eigenvalue weighted by Crippen LogP contribution is -2.45. The molecule has 0 aliphatic carbocycles. The summed E-state index contributed by atoms with van der Waals surface area (Å²) in [5, 5.41) is 7.89. The van der Waals surface area contributed by atoms with Gasteiger partial charge in [0.15, 0.2) is 11.5 Å². The van der Waals surface area contributed by atoms with E-state index in [2.05, 4.69) is 25.1 Å². The number of benzene rings is 1. The molecule has 0 radical (unpaired) electrons. The molecule has 7 nitrogen and oxygen atoms in total. The van der Waals surface area contributed by atoms with Crippen LogP contribution in [0, 0.1) is 20.8 Å². The number of H-pyrrole nitrogens is 1. The molecule has 5 rings (SSSR count). The monoisotopic (exact) mass is 452 g/mol. The number of nitrogens with zero attached hydrogens (tertiary/aromatic N) is 5. The lowest BCUT2D eigenvalue weighted by atomic mass is 10.1. The summed E-state index contributed by atoms with van der Waals surface area (Å²) in [5.74, 6) is 0.927. The minimum Gasteiger partial charge on any atom is -0.471 e. The Kier molecular flexibility index (Phi) is 6.93. The normalized spacial score (nSPS) is 18.6. The smallest absolute Gasteiger partial charge is 0.229 e. The molecule has 33 heavy (non-hydrogen) atoms. The quantitative estimate of drug-likeness (QED) is 0.474. The van der Waals surface area contributed by atoms with Crippen LogP contribution in [0.3, 0.4) is 0 Å². The van der Waals surface area contributed by atoms with Crippen molar-refractivity contribution in [3.63, 3.8) is 0 Å². The Balaban J connectivity index is 0.000000417. The highest BCUT2D eigenvalue weighted by Crippen LogP contribution is 2.30. The van der Waals surface area contributed by atoms with Gasteiger partial charge in [0.05, 0.1) is 0 Å². The zero-order chi connectivity index (χ0) is 23.4. The van der Waals surface area contributed by atoms with Crippen LogP contribution in [0.2, 0.25) is 0 Å². The van der Waals surface area contributed by atoms with Gasteiger partial charge < -0.3 is 9.64 Å². The number of aryl methyl sites for hydroxylation is 3. The maximum absolute atomic E-state index is 14.4. The first-order valence-electron chi connectivity index (χ1n) is 11.1. The summed E-state index contributed by atoms with van der Waals surface area (Å²) in [7, 11) is 1.92. The summed E-state index contributed by atoms with van der Waals surface area (Å²) in [4.78, 5) is 15.1. The van der Waals surface area contributed by atoms with Crippen molar-refractivity contribution in [2.45, 2.75) is 39.5 Å². The molecule has 8 heteroatoms. The number of aromatic amines is 1. The SMILES string of the molecule is Cc1ccc(-c2nc(O[C@@H]3CCN(C)C[C@@H]3F)c3c(C)[nH]nc3n2)cc1.Cc1ccccn1.[HH].[HH]. The summed E-state index contributed by atoms with van der Waals surface area (Å²) in [6, 6.07) is 13.8. The van der Waals surface area contributed by atoms with Crippen molar-refractivity contribution in [2.24, 2.45) is 0 Å². The van der Waals surface area contributed by atoms with Gasteiger partial charge >= 0.3 is 0 Å². The largest absolute Gasteiger partial charge is 0.471 e. The van der Waals surface area contributed by atoms with E-state index in [0.717, 1.165) is 29.1 Å². The Morgan fingerprint density at radius 2 is 1.88 bits per heavy atom. The first-order valence-corrected chi connectivity index (χ1v) is 11.1. The highest BCUT2D eigenvalue weighted by Gasteiger charge is 2.30. The second-order valence-corrected chi connectivity index (χ2v) is 8.46. The van der Waals surface area contributed by atoms with E-state index in [1.54, 1.807) is 6.20 Å². The predicted molar refractivity (Wildman–Crippen MR) is 131 cm³/mol. The van der Waals surface area contributed by atoms with Crippen LogP contribution in [0.1, 0.15) is 26.2 Å². The van der Waals surface area contributed by atoms with Crippen LogP contribution in [0.25, 0.3) is 22.4 Å². The van der Waals surface area contributed by atoms with Crippen LogP contribution >= 0.6 is 0 Å². The number of halogens is 1. The molecule has 0 unspecified atom stereocenters. The first-order chi connectivity index (χ1) is 15.9. The van der Waals surface area contributed by atoms with E-state index >= 15 is 0 Å². The van der Waals surface area contributed by atoms with E-state index < -0.39 is 12.3 Å². The van der Waals surface area contributed by atoms with Gasteiger partial charge in [-0.05, 0) is 46.4 Å². The number of nitrogens with one attached hydrogen (secondary N) is 1. The molecule has 1 aliphatic rings. The zero-order valence-electron chi connectivity index (χ0n) is 19.4. The van der Waals surface area contributed by atoms with Gasteiger partial charge in [-0.1, -0.05) is 35.9 Å². The topological polar surface area (TPSA) is 79.8 Å². The molecular formula is C25H33FN6O. The van der Waals surface area contributed by atoms with Crippen molar-refractivity contribution in [3.8, 4) is 17.3 Å². The van der Waals surface area contributed by atoms with Crippen molar-refractivity contribution >= 4 is 11.0 Å². The summed E-state index contributed by atoms with van der Waals surface area (Å²) in [6.07, 6.45) is 0.855. The molecule has 1 aromatic carbocycles. The van der Waals surface area contributed by atoms with Gasteiger partial charge in [-0.25, -0.2) is 9.37 Å². The van der Waals surface area contributed by atoms with Gasteiger partial charge in [-0.2, -0.15) is 10.1 Å². The number of fused-ring (bicyclic) bond motifs is 1. The minimum atomic E-state index is -1.05. The van der Waals surface area contributed by atoms with Crippen LogP contribution < -0.4 is 4.74 Å². The molecule has 1 fully saturated rings. The maximum Gasteiger partial charge on any atom is 0.229 e. The molecule has 0 amide bonds. The molecule has 1 aliphatic heterocycles. The van der Waals surface area contributed by atoms with Crippen molar-refractivity contribution in [2.75, 3.05) is 20.1 Å². The summed E-state index contributed by atoms with van der Waals surface area (Å²) in [6.45, 7) is 7.06. The average Bonchev–Trinajstić information content (AvgIpc) is 3.18. The number of hydrogen-bond acceptors (Lipinski definition) is 6. The zero-order valence-corrected chi connectivity index (χ0v) is 19.4. The molecule has 1 N–H and O–H groups in total. The van der Waals surface area contributed by atoms with Crippen molar-refractivity contribution < 1.29 is 12.0 Å². The van der Waals surface area contributed by atoms with Gasteiger partial charge in [-0.15, -0.1) is 0 Å². The van der Waals surface area contributed by atoms with Gasteiger partial charge in [-0.3, -0.25) is 10.1 Å². The van der Waals surface area contributed by atoms with Crippen molar-refractivity contribution in [1.29, 1.82) is 0 Å². The van der Waals surface area contributed by atoms with E-state index in [0.29, 0.717) is 35.7 Å². The standard InChI is InChI=1S/C19H22FN5O.C6H7N.2H2/c1-11-4-6-13(7-5-11)17-21-18-16(12(2)23-24-18)19(22-17)26-15-8-9-25(3)10-14(15)20;1-6-4-2-3-5-7-6;;/h4-7,14-15H,8-10H2,1-3H3,(H,21,22,23,24);2-5H,1H3;2*1H/t14-,15+;;;/m0.../s1. The van der Waals surface area contributed by atoms with Gasteiger partial charge in [0.25, 0.3) is 0 Å².